The highest BCUT2D eigenvalue weighted by Gasteiger charge is 2.26. The molecule has 1 unspecified atom stereocenters. The van der Waals surface area contributed by atoms with Crippen molar-refractivity contribution in [3.8, 4) is 0 Å². The summed E-state index contributed by atoms with van der Waals surface area (Å²) in [6, 6.07) is 8.86. The van der Waals surface area contributed by atoms with Gasteiger partial charge in [0.05, 0.1) is 13.7 Å². The molecule has 0 aliphatic carbocycles. The summed E-state index contributed by atoms with van der Waals surface area (Å²) in [4.78, 5) is 0. The predicted octanol–water partition coefficient (Wildman–Crippen LogP) is 4.74. The molecule has 21 heavy (non-hydrogen) atoms. The Balaban J connectivity index is 3.09. The maximum absolute atomic E-state index is 12.5. The Morgan fingerprint density at radius 1 is 1.33 bits per heavy atom. The van der Waals surface area contributed by atoms with Crippen LogP contribution in [0.5, 0.6) is 0 Å². The van der Waals surface area contributed by atoms with Gasteiger partial charge >= 0.3 is 7.75 Å². The van der Waals surface area contributed by atoms with Crippen molar-refractivity contribution < 1.29 is 18.3 Å². The van der Waals surface area contributed by atoms with Gasteiger partial charge in [-0.15, -0.1) is 16.4 Å². The standard InChI is InChI=1S/C12H13Cl3NO4P/c1-18-12(10-5-3-2-4-6-10)16-21(17,19-8-7-13)20-9-11(14)15/h2-6,9H,7-8H2,1H3/b16-12-. The molecule has 9 heteroatoms. The second kappa shape index (κ2) is 9.34. The van der Waals surface area contributed by atoms with Gasteiger partial charge in [-0.1, -0.05) is 41.4 Å². The summed E-state index contributed by atoms with van der Waals surface area (Å²) >= 11 is 16.4. The van der Waals surface area contributed by atoms with Crippen LogP contribution in [0.15, 0.2) is 45.8 Å². The molecule has 0 heterocycles. The minimum atomic E-state index is -3.89. The molecule has 1 atom stereocenters. The number of hydrogen-bond donors (Lipinski definition) is 0. The van der Waals surface area contributed by atoms with E-state index in [-0.39, 0.29) is 22.9 Å². The van der Waals surface area contributed by atoms with Crippen LogP contribution < -0.4 is 0 Å². The lowest BCUT2D eigenvalue weighted by atomic mass is 10.2. The van der Waals surface area contributed by atoms with Gasteiger partial charge in [0, 0.05) is 11.4 Å². The minimum absolute atomic E-state index is 0.0259. The van der Waals surface area contributed by atoms with Gasteiger partial charge < -0.3 is 9.26 Å². The molecule has 116 valence electrons. The highest BCUT2D eigenvalue weighted by molar-refractivity contribution is 7.52. The van der Waals surface area contributed by atoms with Gasteiger partial charge in [0.2, 0.25) is 5.90 Å². The highest BCUT2D eigenvalue weighted by Crippen LogP contribution is 2.51. The van der Waals surface area contributed by atoms with Gasteiger partial charge in [0.25, 0.3) is 0 Å². The Bertz CT molecular complexity index is 547. The zero-order valence-corrected chi connectivity index (χ0v) is 14.2. The van der Waals surface area contributed by atoms with Gasteiger partial charge in [0.15, 0.2) is 0 Å². The zero-order chi connectivity index (χ0) is 15.7. The first-order valence-corrected chi connectivity index (χ1v) is 8.49. The number of nitrogens with zero attached hydrogens (tertiary/aromatic N) is 1. The van der Waals surface area contributed by atoms with Crippen LogP contribution in [-0.2, 0) is 18.3 Å². The number of methoxy groups -OCH3 is 1. The van der Waals surface area contributed by atoms with E-state index in [9.17, 15) is 4.57 Å². The van der Waals surface area contributed by atoms with Gasteiger partial charge in [-0.25, -0.2) is 4.57 Å². The van der Waals surface area contributed by atoms with Gasteiger partial charge in [0.1, 0.15) is 10.8 Å². The molecule has 0 saturated heterocycles. The molecule has 0 radical (unpaired) electrons. The van der Waals surface area contributed by atoms with E-state index in [0.717, 1.165) is 6.26 Å². The molecule has 0 aromatic heterocycles. The third-order valence-electron chi connectivity index (χ3n) is 2.03. The van der Waals surface area contributed by atoms with E-state index >= 15 is 0 Å². The zero-order valence-electron chi connectivity index (χ0n) is 11.0. The first-order chi connectivity index (χ1) is 10.0. The van der Waals surface area contributed by atoms with Crippen LogP contribution in [0, 0.1) is 0 Å². The molecule has 1 rings (SSSR count). The van der Waals surface area contributed by atoms with Crippen LogP contribution >= 0.6 is 42.5 Å². The number of alkyl halides is 1. The lowest BCUT2D eigenvalue weighted by molar-refractivity contribution is 0.263. The molecule has 5 nitrogen and oxygen atoms in total. The fourth-order valence-electron chi connectivity index (χ4n) is 1.25. The quantitative estimate of drug-likeness (QED) is 0.228. The Kier molecular flexibility index (Phi) is 8.15. The predicted molar refractivity (Wildman–Crippen MR) is 85.1 cm³/mol. The number of ether oxygens (including phenoxy) is 1. The fourth-order valence-corrected chi connectivity index (χ4v) is 2.79. The van der Waals surface area contributed by atoms with Gasteiger partial charge in [-0.05, 0) is 12.1 Å². The molecular weight excluding hydrogens is 359 g/mol. The molecule has 0 amide bonds. The Morgan fingerprint density at radius 3 is 2.52 bits per heavy atom. The molecule has 0 saturated carbocycles. The monoisotopic (exact) mass is 371 g/mol. The van der Waals surface area contributed by atoms with E-state index in [4.69, 9.17) is 48.6 Å². The van der Waals surface area contributed by atoms with E-state index in [1.54, 1.807) is 24.3 Å². The van der Waals surface area contributed by atoms with Crippen LogP contribution in [0.1, 0.15) is 5.56 Å². The van der Waals surface area contributed by atoms with E-state index < -0.39 is 7.75 Å². The van der Waals surface area contributed by atoms with Crippen molar-refractivity contribution in [3.05, 3.63) is 46.6 Å². The summed E-state index contributed by atoms with van der Waals surface area (Å²) in [5.41, 5.74) is 0.610. The van der Waals surface area contributed by atoms with Crippen molar-refractivity contribution in [2.75, 3.05) is 19.6 Å². The maximum Gasteiger partial charge on any atom is 0.510 e. The lowest BCUT2D eigenvalue weighted by Gasteiger charge is -2.13. The molecular formula is C12H13Cl3NO4P. The summed E-state index contributed by atoms with van der Waals surface area (Å²) < 4.78 is 31.3. The number of benzene rings is 1. The van der Waals surface area contributed by atoms with E-state index in [1.165, 1.54) is 7.11 Å². The summed E-state index contributed by atoms with van der Waals surface area (Å²) in [6.45, 7) is -0.0259. The van der Waals surface area contributed by atoms with E-state index in [2.05, 4.69) is 4.76 Å². The average Bonchev–Trinajstić information content (AvgIpc) is 2.50. The molecule has 0 bridgehead atoms. The second-order valence-electron chi connectivity index (χ2n) is 3.48. The largest absolute Gasteiger partial charge is 0.510 e. The molecule has 0 N–H and O–H groups in total. The SMILES string of the molecule is CO/C(=N\P(=O)(OC=C(Cl)Cl)OCCCl)c1ccccc1. The van der Waals surface area contributed by atoms with Crippen LogP contribution in [0.4, 0.5) is 0 Å². The normalized spacial score (nSPS) is 14.2. The third kappa shape index (κ3) is 6.72. The summed E-state index contributed by atoms with van der Waals surface area (Å²) in [6.07, 6.45) is 0.875. The van der Waals surface area contributed by atoms with Crippen molar-refractivity contribution in [1.29, 1.82) is 0 Å². The first kappa shape index (κ1) is 18.3. The Morgan fingerprint density at radius 2 is 2.00 bits per heavy atom. The maximum atomic E-state index is 12.5. The van der Waals surface area contributed by atoms with E-state index in [0.29, 0.717) is 5.56 Å². The van der Waals surface area contributed by atoms with Crippen molar-refractivity contribution in [3.63, 3.8) is 0 Å². The van der Waals surface area contributed by atoms with Gasteiger partial charge in [-0.3, -0.25) is 4.52 Å². The molecule has 0 aliphatic heterocycles. The highest BCUT2D eigenvalue weighted by atomic mass is 35.5. The summed E-state index contributed by atoms with van der Waals surface area (Å²) in [7, 11) is -2.50. The molecule has 1 aromatic rings. The molecule has 0 aliphatic rings. The third-order valence-corrected chi connectivity index (χ3v) is 3.67. The Labute approximate surface area is 138 Å². The minimum Gasteiger partial charge on any atom is -0.480 e. The number of rotatable bonds is 7. The number of halogens is 3. The summed E-state index contributed by atoms with van der Waals surface area (Å²) in [5.74, 6) is 0.210. The van der Waals surface area contributed by atoms with E-state index in [1.807, 2.05) is 6.07 Å². The van der Waals surface area contributed by atoms with Gasteiger partial charge in [-0.2, -0.15) is 0 Å². The fraction of sp³-hybridized carbons (Fsp3) is 0.250. The smallest absolute Gasteiger partial charge is 0.480 e. The number of hydrogen-bond acceptors (Lipinski definition) is 4. The lowest BCUT2D eigenvalue weighted by Crippen LogP contribution is -2.05. The van der Waals surface area contributed by atoms with Crippen LogP contribution in [0.2, 0.25) is 0 Å². The summed E-state index contributed by atoms with van der Waals surface area (Å²) in [5, 5.41) is 0. The van der Waals surface area contributed by atoms with Crippen LogP contribution in [0.3, 0.4) is 0 Å². The molecule has 1 aromatic carbocycles. The van der Waals surface area contributed by atoms with Crippen LogP contribution in [-0.4, -0.2) is 25.5 Å². The molecule has 0 fully saturated rings. The average molecular weight is 373 g/mol. The van der Waals surface area contributed by atoms with Crippen molar-refractivity contribution in [2.24, 2.45) is 4.76 Å². The van der Waals surface area contributed by atoms with Crippen LogP contribution in [0.25, 0.3) is 0 Å². The topological polar surface area (TPSA) is 57.1 Å². The van der Waals surface area contributed by atoms with Crippen molar-refractivity contribution in [1.82, 2.24) is 0 Å². The first-order valence-electron chi connectivity index (χ1n) is 5.70. The second-order valence-corrected chi connectivity index (χ2v) is 6.47. The van der Waals surface area contributed by atoms with Crippen molar-refractivity contribution >= 4 is 48.4 Å². The molecule has 0 spiro atoms. The van der Waals surface area contributed by atoms with Crippen molar-refractivity contribution in [2.45, 2.75) is 0 Å². The Hall–Kier alpha value is -0.710.